The van der Waals surface area contributed by atoms with Crippen molar-refractivity contribution in [3.05, 3.63) is 0 Å². The van der Waals surface area contributed by atoms with E-state index in [9.17, 15) is 0 Å². The van der Waals surface area contributed by atoms with Gasteiger partial charge in [-0.25, -0.2) is 0 Å². The van der Waals surface area contributed by atoms with Crippen molar-refractivity contribution >= 4 is 0 Å². The summed E-state index contributed by atoms with van der Waals surface area (Å²) in [6.45, 7) is 10.9. The third-order valence-corrected chi connectivity index (χ3v) is 5.23. The van der Waals surface area contributed by atoms with Crippen LogP contribution in [0.4, 0.5) is 0 Å². The van der Waals surface area contributed by atoms with E-state index in [4.69, 9.17) is 0 Å². The van der Waals surface area contributed by atoms with Crippen LogP contribution in [0, 0.1) is 5.92 Å². The lowest BCUT2D eigenvalue weighted by Gasteiger charge is -2.47. The van der Waals surface area contributed by atoms with Gasteiger partial charge in [0.2, 0.25) is 0 Å². The predicted octanol–water partition coefficient (Wildman–Crippen LogP) is 2.18. The molecule has 0 bridgehead atoms. The molecule has 0 radical (unpaired) electrons. The summed E-state index contributed by atoms with van der Waals surface area (Å²) in [6, 6.07) is 1.64. The average Bonchev–Trinajstić information content (AvgIpc) is 2.43. The molecule has 2 saturated heterocycles. The standard InChI is InChI=1S/C16H33N3/c1-4-17-10-5-7-14(2)19-12-9-16-15(13-19)8-6-11-18(16)3/h14-17H,4-13H2,1-3H3. The second-order valence-electron chi connectivity index (χ2n) is 6.58. The molecule has 2 fully saturated rings. The molecule has 0 aliphatic carbocycles. The molecule has 112 valence electrons. The lowest BCUT2D eigenvalue weighted by molar-refractivity contribution is 0.0215. The number of likely N-dealkylation sites (tertiary alicyclic amines) is 2. The highest BCUT2D eigenvalue weighted by molar-refractivity contribution is 4.90. The van der Waals surface area contributed by atoms with Gasteiger partial charge < -0.3 is 15.1 Å². The van der Waals surface area contributed by atoms with Crippen LogP contribution in [0.1, 0.15) is 46.0 Å². The molecule has 2 aliphatic rings. The smallest absolute Gasteiger partial charge is 0.0145 e. The van der Waals surface area contributed by atoms with Gasteiger partial charge in [0.15, 0.2) is 0 Å². The van der Waals surface area contributed by atoms with Gasteiger partial charge in [0.1, 0.15) is 0 Å². The Balaban J connectivity index is 1.73. The second-order valence-corrected chi connectivity index (χ2v) is 6.58. The van der Waals surface area contributed by atoms with Crippen LogP contribution < -0.4 is 5.32 Å². The first-order valence-corrected chi connectivity index (χ1v) is 8.37. The number of nitrogens with one attached hydrogen (secondary N) is 1. The fraction of sp³-hybridized carbons (Fsp3) is 1.00. The Morgan fingerprint density at radius 1 is 1.26 bits per heavy atom. The van der Waals surface area contributed by atoms with E-state index in [-0.39, 0.29) is 0 Å². The molecular formula is C16H33N3. The van der Waals surface area contributed by atoms with Crippen LogP contribution >= 0.6 is 0 Å². The Bertz CT molecular complexity index is 256. The van der Waals surface area contributed by atoms with Crippen LogP contribution in [0.2, 0.25) is 0 Å². The fourth-order valence-corrected chi connectivity index (χ4v) is 3.96. The minimum absolute atomic E-state index is 0.770. The van der Waals surface area contributed by atoms with Crippen molar-refractivity contribution in [3.63, 3.8) is 0 Å². The molecule has 3 unspecified atom stereocenters. The molecule has 2 aliphatic heterocycles. The van der Waals surface area contributed by atoms with Crippen LogP contribution in [-0.2, 0) is 0 Å². The normalized spacial score (nSPS) is 31.1. The van der Waals surface area contributed by atoms with E-state index < -0.39 is 0 Å². The largest absolute Gasteiger partial charge is 0.317 e. The number of piperidine rings is 2. The molecule has 2 rings (SSSR count). The minimum Gasteiger partial charge on any atom is -0.317 e. The molecule has 0 amide bonds. The Hall–Kier alpha value is -0.120. The van der Waals surface area contributed by atoms with E-state index in [1.807, 2.05) is 0 Å². The number of rotatable bonds is 6. The molecule has 0 aromatic heterocycles. The summed E-state index contributed by atoms with van der Waals surface area (Å²) in [5.41, 5.74) is 0. The summed E-state index contributed by atoms with van der Waals surface area (Å²) in [5.74, 6) is 0.934. The van der Waals surface area contributed by atoms with Gasteiger partial charge >= 0.3 is 0 Å². The SMILES string of the molecule is CCNCCCC(C)N1CCC2C(CCCN2C)C1. The van der Waals surface area contributed by atoms with E-state index in [1.54, 1.807) is 0 Å². The molecule has 0 aromatic carbocycles. The van der Waals surface area contributed by atoms with Crippen LogP contribution in [0.25, 0.3) is 0 Å². The van der Waals surface area contributed by atoms with Crippen molar-refractivity contribution in [2.75, 3.05) is 39.8 Å². The fourth-order valence-electron chi connectivity index (χ4n) is 3.96. The summed E-state index contributed by atoms with van der Waals surface area (Å²) in [4.78, 5) is 5.37. The van der Waals surface area contributed by atoms with Crippen molar-refractivity contribution in [2.45, 2.75) is 58.0 Å². The summed E-state index contributed by atoms with van der Waals surface area (Å²) in [7, 11) is 2.33. The Kier molecular flexibility index (Phi) is 6.11. The van der Waals surface area contributed by atoms with E-state index in [2.05, 4.69) is 36.0 Å². The van der Waals surface area contributed by atoms with Gasteiger partial charge in [-0.1, -0.05) is 6.92 Å². The van der Waals surface area contributed by atoms with Crippen molar-refractivity contribution in [1.29, 1.82) is 0 Å². The molecular weight excluding hydrogens is 234 g/mol. The highest BCUT2D eigenvalue weighted by Crippen LogP contribution is 2.30. The van der Waals surface area contributed by atoms with Crippen LogP contribution in [0.5, 0.6) is 0 Å². The number of fused-ring (bicyclic) bond motifs is 1. The second kappa shape index (κ2) is 7.61. The Labute approximate surface area is 119 Å². The zero-order chi connectivity index (χ0) is 13.7. The Morgan fingerprint density at radius 3 is 2.89 bits per heavy atom. The topological polar surface area (TPSA) is 18.5 Å². The lowest BCUT2D eigenvalue weighted by Crippen LogP contribution is -2.54. The average molecular weight is 267 g/mol. The molecule has 0 saturated carbocycles. The van der Waals surface area contributed by atoms with E-state index in [1.165, 1.54) is 58.3 Å². The highest BCUT2D eigenvalue weighted by atomic mass is 15.2. The summed E-state index contributed by atoms with van der Waals surface area (Å²) in [5, 5.41) is 3.43. The lowest BCUT2D eigenvalue weighted by atomic mass is 9.83. The molecule has 19 heavy (non-hydrogen) atoms. The van der Waals surface area contributed by atoms with E-state index in [0.717, 1.165) is 24.5 Å². The highest BCUT2D eigenvalue weighted by Gasteiger charge is 2.35. The number of hydrogen-bond donors (Lipinski definition) is 1. The molecule has 0 spiro atoms. The molecule has 0 aromatic rings. The molecule has 1 N–H and O–H groups in total. The van der Waals surface area contributed by atoms with Gasteiger partial charge in [0.25, 0.3) is 0 Å². The molecule has 3 nitrogen and oxygen atoms in total. The van der Waals surface area contributed by atoms with E-state index >= 15 is 0 Å². The number of hydrogen-bond acceptors (Lipinski definition) is 3. The van der Waals surface area contributed by atoms with Gasteiger partial charge in [0, 0.05) is 18.6 Å². The van der Waals surface area contributed by atoms with Gasteiger partial charge in [-0.3, -0.25) is 0 Å². The summed E-state index contributed by atoms with van der Waals surface area (Å²) < 4.78 is 0. The number of nitrogens with zero attached hydrogens (tertiary/aromatic N) is 2. The van der Waals surface area contributed by atoms with Crippen molar-refractivity contribution in [2.24, 2.45) is 5.92 Å². The van der Waals surface area contributed by atoms with Crippen molar-refractivity contribution in [3.8, 4) is 0 Å². The first-order chi connectivity index (χ1) is 9.22. The van der Waals surface area contributed by atoms with Gasteiger partial charge in [-0.05, 0) is 78.2 Å². The van der Waals surface area contributed by atoms with Crippen LogP contribution in [-0.4, -0.2) is 61.7 Å². The maximum Gasteiger partial charge on any atom is 0.0145 e. The monoisotopic (exact) mass is 267 g/mol. The zero-order valence-corrected chi connectivity index (χ0v) is 13.2. The summed E-state index contributed by atoms with van der Waals surface area (Å²) in [6.07, 6.45) is 6.91. The molecule has 2 heterocycles. The first-order valence-electron chi connectivity index (χ1n) is 8.37. The van der Waals surface area contributed by atoms with Gasteiger partial charge in [-0.2, -0.15) is 0 Å². The molecule has 3 atom stereocenters. The maximum absolute atomic E-state index is 3.43. The Morgan fingerprint density at radius 2 is 2.11 bits per heavy atom. The van der Waals surface area contributed by atoms with Crippen LogP contribution in [0.15, 0.2) is 0 Å². The first kappa shape index (κ1) is 15.3. The third kappa shape index (κ3) is 4.17. The quantitative estimate of drug-likeness (QED) is 0.744. The summed E-state index contributed by atoms with van der Waals surface area (Å²) >= 11 is 0. The third-order valence-electron chi connectivity index (χ3n) is 5.23. The zero-order valence-electron chi connectivity index (χ0n) is 13.2. The van der Waals surface area contributed by atoms with Crippen molar-refractivity contribution in [1.82, 2.24) is 15.1 Å². The maximum atomic E-state index is 3.43. The predicted molar refractivity (Wildman–Crippen MR) is 82.6 cm³/mol. The van der Waals surface area contributed by atoms with Crippen LogP contribution in [0.3, 0.4) is 0 Å². The minimum atomic E-state index is 0.770. The van der Waals surface area contributed by atoms with Crippen molar-refractivity contribution < 1.29 is 0 Å². The molecule has 3 heteroatoms. The van der Waals surface area contributed by atoms with E-state index in [0.29, 0.717) is 0 Å². The van der Waals surface area contributed by atoms with Gasteiger partial charge in [0.05, 0.1) is 0 Å². The van der Waals surface area contributed by atoms with Gasteiger partial charge in [-0.15, -0.1) is 0 Å².